The molecule has 2 aromatic rings. The normalized spacial score (nSPS) is 17.6. The fourth-order valence-electron chi connectivity index (χ4n) is 3.23. The van der Waals surface area contributed by atoms with Gasteiger partial charge in [-0.2, -0.15) is 0 Å². The van der Waals surface area contributed by atoms with Crippen LogP contribution in [0.4, 0.5) is 0 Å². The summed E-state index contributed by atoms with van der Waals surface area (Å²) in [6, 6.07) is 4.41. The summed E-state index contributed by atoms with van der Waals surface area (Å²) in [5, 5.41) is 11.6. The topological polar surface area (TPSA) is 60.2 Å². The van der Waals surface area contributed by atoms with Crippen molar-refractivity contribution in [2.24, 2.45) is 0 Å². The highest BCUT2D eigenvalue weighted by molar-refractivity contribution is 7.99. The van der Waals surface area contributed by atoms with E-state index < -0.39 is 0 Å². The van der Waals surface area contributed by atoms with E-state index in [-0.39, 0.29) is 5.91 Å². The van der Waals surface area contributed by atoms with Crippen LogP contribution in [0.25, 0.3) is 10.7 Å². The fourth-order valence-corrected chi connectivity index (χ4v) is 4.80. The maximum absolute atomic E-state index is 12.6. The second kappa shape index (κ2) is 9.53. The number of piperidine rings is 1. The van der Waals surface area contributed by atoms with Gasteiger partial charge >= 0.3 is 0 Å². The number of nitrogens with zero attached hydrogens (tertiary/aromatic N) is 4. The van der Waals surface area contributed by atoms with Crippen molar-refractivity contribution in [2.75, 3.05) is 26.0 Å². The monoisotopic (exact) mass is 394 g/mol. The largest absolute Gasteiger partial charge is 0.385 e. The van der Waals surface area contributed by atoms with Crippen molar-refractivity contribution in [1.82, 2.24) is 19.7 Å². The van der Waals surface area contributed by atoms with Crippen molar-refractivity contribution in [3.63, 3.8) is 0 Å². The van der Waals surface area contributed by atoms with Crippen LogP contribution in [0, 0.1) is 0 Å². The number of thiophene rings is 1. The molecule has 1 saturated heterocycles. The van der Waals surface area contributed by atoms with Crippen LogP contribution in [0.5, 0.6) is 0 Å². The summed E-state index contributed by atoms with van der Waals surface area (Å²) >= 11 is 3.14. The highest BCUT2D eigenvalue weighted by Gasteiger charge is 2.24. The van der Waals surface area contributed by atoms with Gasteiger partial charge in [-0.05, 0) is 44.1 Å². The summed E-state index contributed by atoms with van der Waals surface area (Å²) in [6.45, 7) is 4.49. The van der Waals surface area contributed by atoms with Gasteiger partial charge in [0.15, 0.2) is 11.0 Å². The standard InChI is InChI=1S/C18H26N4O2S2/c1-14-7-3-4-9-21(14)16(23)13-26-18-20-19-17(15-8-5-12-25-15)22(18)10-6-11-24-2/h5,8,12,14H,3-4,6-7,9-11,13H2,1-2H3. The van der Waals surface area contributed by atoms with Gasteiger partial charge in [-0.25, -0.2) is 0 Å². The lowest BCUT2D eigenvalue weighted by molar-refractivity contribution is -0.131. The molecule has 0 radical (unpaired) electrons. The van der Waals surface area contributed by atoms with Crippen LogP contribution in [0.3, 0.4) is 0 Å². The van der Waals surface area contributed by atoms with Crippen molar-refractivity contribution >= 4 is 29.0 Å². The Bertz CT molecular complexity index is 702. The van der Waals surface area contributed by atoms with Crippen molar-refractivity contribution in [3.05, 3.63) is 17.5 Å². The minimum absolute atomic E-state index is 0.200. The van der Waals surface area contributed by atoms with Crippen LogP contribution in [-0.2, 0) is 16.1 Å². The zero-order chi connectivity index (χ0) is 18.4. The summed E-state index contributed by atoms with van der Waals surface area (Å²) in [4.78, 5) is 15.7. The Morgan fingerprint density at radius 2 is 2.31 bits per heavy atom. The molecule has 3 rings (SSSR count). The van der Waals surface area contributed by atoms with Crippen molar-refractivity contribution in [3.8, 4) is 10.7 Å². The SMILES string of the molecule is COCCCn1c(SCC(=O)N2CCCCC2C)nnc1-c1cccs1. The van der Waals surface area contributed by atoms with E-state index in [1.807, 2.05) is 16.3 Å². The van der Waals surface area contributed by atoms with Gasteiger partial charge in [-0.15, -0.1) is 21.5 Å². The molecule has 0 bridgehead atoms. The number of likely N-dealkylation sites (tertiary alicyclic amines) is 1. The minimum Gasteiger partial charge on any atom is -0.385 e. The molecule has 3 heterocycles. The van der Waals surface area contributed by atoms with E-state index in [9.17, 15) is 4.79 Å². The number of methoxy groups -OCH3 is 1. The molecule has 1 aliphatic rings. The van der Waals surface area contributed by atoms with Gasteiger partial charge in [-0.1, -0.05) is 17.8 Å². The maximum Gasteiger partial charge on any atom is 0.233 e. The lowest BCUT2D eigenvalue weighted by Crippen LogP contribution is -2.43. The average molecular weight is 395 g/mol. The average Bonchev–Trinajstić information content (AvgIpc) is 3.30. The zero-order valence-electron chi connectivity index (χ0n) is 15.4. The zero-order valence-corrected chi connectivity index (χ0v) is 17.0. The summed E-state index contributed by atoms with van der Waals surface area (Å²) in [5.74, 6) is 1.49. The molecular formula is C18H26N4O2S2. The van der Waals surface area contributed by atoms with Gasteiger partial charge in [0.2, 0.25) is 5.91 Å². The summed E-state index contributed by atoms with van der Waals surface area (Å²) < 4.78 is 7.29. The molecule has 0 aliphatic carbocycles. The molecule has 2 aromatic heterocycles. The Balaban J connectivity index is 1.69. The fraction of sp³-hybridized carbons (Fsp3) is 0.611. The van der Waals surface area contributed by atoms with Crippen LogP contribution >= 0.6 is 23.1 Å². The molecule has 6 nitrogen and oxygen atoms in total. The number of amides is 1. The Hall–Kier alpha value is -1.38. The van der Waals surface area contributed by atoms with Crippen molar-refractivity contribution in [2.45, 2.75) is 50.4 Å². The second-order valence-corrected chi connectivity index (χ2v) is 8.39. The third-order valence-electron chi connectivity index (χ3n) is 4.64. The predicted octanol–water partition coefficient (Wildman–Crippen LogP) is 3.54. The third kappa shape index (κ3) is 4.66. The van der Waals surface area contributed by atoms with E-state index in [0.29, 0.717) is 18.4 Å². The number of thioether (sulfide) groups is 1. The van der Waals surface area contributed by atoms with E-state index in [0.717, 1.165) is 48.2 Å². The van der Waals surface area contributed by atoms with E-state index in [1.54, 1.807) is 18.4 Å². The molecule has 1 amide bonds. The minimum atomic E-state index is 0.200. The van der Waals surface area contributed by atoms with E-state index in [2.05, 4.69) is 27.8 Å². The van der Waals surface area contributed by atoms with Crippen LogP contribution in [0.1, 0.15) is 32.6 Å². The first-order chi connectivity index (χ1) is 12.7. The lowest BCUT2D eigenvalue weighted by Gasteiger charge is -2.33. The molecule has 1 atom stereocenters. The number of carbonyl (C=O) groups is 1. The quantitative estimate of drug-likeness (QED) is 0.506. The summed E-state index contributed by atoms with van der Waals surface area (Å²) in [7, 11) is 1.71. The number of carbonyl (C=O) groups excluding carboxylic acids is 1. The maximum atomic E-state index is 12.6. The van der Waals surface area contributed by atoms with E-state index >= 15 is 0 Å². The number of hydrogen-bond acceptors (Lipinski definition) is 6. The highest BCUT2D eigenvalue weighted by atomic mass is 32.2. The van der Waals surface area contributed by atoms with Crippen molar-refractivity contribution in [1.29, 1.82) is 0 Å². The molecule has 0 saturated carbocycles. The van der Waals surface area contributed by atoms with Crippen LogP contribution < -0.4 is 0 Å². The molecule has 26 heavy (non-hydrogen) atoms. The molecule has 1 fully saturated rings. The molecule has 0 aromatic carbocycles. The molecule has 1 unspecified atom stereocenters. The molecule has 8 heteroatoms. The van der Waals surface area contributed by atoms with Crippen molar-refractivity contribution < 1.29 is 9.53 Å². The van der Waals surface area contributed by atoms with Gasteiger partial charge in [-0.3, -0.25) is 4.79 Å². The lowest BCUT2D eigenvalue weighted by atomic mass is 10.0. The Labute approximate surface area is 162 Å². The number of rotatable bonds is 8. The summed E-state index contributed by atoms with van der Waals surface area (Å²) in [6.07, 6.45) is 4.32. The highest BCUT2D eigenvalue weighted by Crippen LogP contribution is 2.28. The van der Waals surface area contributed by atoms with Gasteiger partial charge < -0.3 is 14.2 Å². The number of aromatic nitrogens is 3. The third-order valence-corrected chi connectivity index (χ3v) is 6.45. The molecule has 0 N–H and O–H groups in total. The van der Waals surface area contributed by atoms with Crippen LogP contribution in [0.15, 0.2) is 22.7 Å². The first-order valence-corrected chi connectivity index (χ1v) is 11.0. The Morgan fingerprint density at radius 3 is 3.04 bits per heavy atom. The number of ether oxygens (including phenoxy) is 1. The van der Waals surface area contributed by atoms with Gasteiger partial charge in [0.05, 0.1) is 10.6 Å². The van der Waals surface area contributed by atoms with Crippen LogP contribution in [0.2, 0.25) is 0 Å². The first-order valence-electron chi connectivity index (χ1n) is 9.09. The van der Waals surface area contributed by atoms with Gasteiger partial charge in [0, 0.05) is 32.8 Å². The van der Waals surface area contributed by atoms with E-state index in [1.165, 1.54) is 18.2 Å². The first kappa shape index (κ1) is 19.4. The predicted molar refractivity (Wildman–Crippen MR) is 106 cm³/mol. The molecule has 142 valence electrons. The molecular weight excluding hydrogens is 368 g/mol. The van der Waals surface area contributed by atoms with Gasteiger partial charge in [0.1, 0.15) is 0 Å². The molecule has 0 spiro atoms. The smallest absolute Gasteiger partial charge is 0.233 e. The van der Waals surface area contributed by atoms with Gasteiger partial charge in [0.25, 0.3) is 0 Å². The summed E-state index contributed by atoms with van der Waals surface area (Å²) in [5.41, 5.74) is 0. The molecule has 1 aliphatic heterocycles. The Kier molecular flexibility index (Phi) is 7.10. The van der Waals surface area contributed by atoms with Crippen LogP contribution in [-0.4, -0.2) is 57.6 Å². The number of hydrogen-bond donors (Lipinski definition) is 0. The second-order valence-electron chi connectivity index (χ2n) is 6.50. The Morgan fingerprint density at radius 1 is 1.42 bits per heavy atom. The van der Waals surface area contributed by atoms with E-state index in [4.69, 9.17) is 4.74 Å².